The number of thiophene rings is 1. The lowest BCUT2D eigenvalue weighted by molar-refractivity contribution is 0.323. The number of halogens is 3. The van der Waals surface area contributed by atoms with Gasteiger partial charge in [-0.3, -0.25) is 0 Å². The minimum Gasteiger partial charge on any atom is -0.493 e. The summed E-state index contributed by atoms with van der Waals surface area (Å²) in [6, 6.07) is 3.31. The Kier molecular flexibility index (Phi) is 6.86. The average Bonchev–Trinajstić information content (AvgIpc) is 2.84. The molecule has 0 saturated heterocycles. The maximum absolute atomic E-state index is 12.5. The summed E-state index contributed by atoms with van der Waals surface area (Å²) < 4.78 is 43.9. The average molecular weight is 491 g/mol. The summed E-state index contributed by atoms with van der Waals surface area (Å²) in [4.78, 5) is -0.0865. The second-order valence-corrected chi connectivity index (χ2v) is 9.37. The normalized spacial score (nSPS) is 11.4. The van der Waals surface area contributed by atoms with Crippen LogP contribution in [0.1, 0.15) is 5.56 Å². The van der Waals surface area contributed by atoms with Crippen molar-refractivity contribution in [2.75, 3.05) is 21.3 Å². The molecule has 6 nitrogen and oxygen atoms in total. The molecule has 2 rings (SSSR count). The highest BCUT2D eigenvalue weighted by molar-refractivity contribution is 9.10. The van der Waals surface area contributed by atoms with E-state index in [0.29, 0.717) is 22.8 Å². The predicted octanol–water partition coefficient (Wildman–Crippen LogP) is 4.32. The van der Waals surface area contributed by atoms with Crippen LogP contribution in [0.2, 0.25) is 8.67 Å². The summed E-state index contributed by atoms with van der Waals surface area (Å²) in [5.41, 5.74) is 0.617. The molecule has 0 atom stereocenters. The SMILES string of the molecule is COc1cc(CNS(=O)(=O)c2c(Cl)sc(Cl)c2Br)cc(OC)c1OC. The molecule has 0 spiro atoms. The van der Waals surface area contributed by atoms with E-state index in [2.05, 4.69) is 20.7 Å². The van der Waals surface area contributed by atoms with Gasteiger partial charge < -0.3 is 14.2 Å². The monoisotopic (exact) mass is 489 g/mol. The molecule has 25 heavy (non-hydrogen) atoms. The van der Waals surface area contributed by atoms with E-state index < -0.39 is 10.0 Å². The topological polar surface area (TPSA) is 73.9 Å². The van der Waals surface area contributed by atoms with Gasteiger partial charge in [0.15, 0.2) is 11.5 Å². The molecule has 0 aliphatic rings. The Morgan fingerprint density at radius 3 is 2.04 bits per heavy atom. The Hall–Kier alpha value is -0.710. The third-order valence-electron chi connectivity index (χ3n) is 3.19. The first-order chi connectivity index (χ1) is 11.7. The van der Waals surface area contributed by atoms with Crippen molar-refractivity contribution in [3.05, 3.63) is 30.8 Å². The number of ether oxygens (including phenoxy) is 3. The largest absolute Gasteiger partial charge is 0.493 e. The maximum Gasteiger partial charge on any atom is 0.244 e. The number of methoxy groups -OCH3 is 3. The molecule has 0 amide bonds. The van der Waals surface area contributed by atoms with Gasteiger partial charge in [0, 0.05) is 6.54 Å². The van der Waals surface area contributed by atoms with Gasteiger partial charge in [-0.25, -0.2) is 13.1 Å². The Morgan fingerprint density at radius 1 is 1.08 bits per heavy atom. The van der Waals surface area contributed by atoms with Gasteiger partial charge in [-0.05, 0) is 33.6 Å². The van der Waals surface area contributed by atoms with Crippen LogP contribution in [0.15, 0.2) is 21.5 Å². The minimum absolute atomic E-state index is 0.00468. The summed E-state index contributed by atoms with van der Waals surface area (Å²) in [6.07, 6.45) is 0. The lowest BCUT2D eigenvalue weighted by Crippen LogP contribution is -2.23. The smallest absolute Gasteiger partial charge is 0.244 e. The van der Waals surface area contributed by atoms with Crippen molar-refractivity contribution < 1.29 is 22.6 Å². The summed E-state index contributed by atoms with van der Waals surface area (Å²) in [6.45, 7) is -0.00468. The summed E-state index contributed by atoms with van der Waals surface area (Å²) in [5, 5.41) is 0. The Morgan fingerprint density at radius 2 is 1.64 bits per heavy atom. The quantitative estimate of drug-likeness (QED) is 0.625. The Bertz CT molecular complexity index is 861. The van der Waals surface area contributed by atoms with E-state index in [4.69, 9.17) is 37.4 Å². The van der Waals surface area contributed by atoms with Gasteiger partial charge in [0.2, 0.25) is 15.8 Å². The van der Waals surface area contributed by atoms with Crippen molar-refractivity contribution in [3.63, 3.8) is 0 Å². The van der Waals surface area contributed by atoms with Crippen LogP contribution in [0, 0.1) is 0 Å². The molecule has 1 heterocycles. The van der Waals surface area contributed by atoms with E-state index >= 15 is 0 Å². The van der Waals surface area contributed by atoms with Crippen LogP contribution in [-0.4, -0.2) is 29.7 Å². The number of benzene rings is 1. The van der Waals surface area contributed by atoms with Gasteiger partial charge in [0.05, 0.1) is 25.8 Å². The van der Waals surface area contributed by atoms with E-state index in [-0.39, 0.29) is 24.6 Å². The van der Waals surface area contributed by atoms with Crippen LogP contribution in [0.5, 0.6) is 17.2 Å². The highest BCUT2D eigenvalue weighted by Crippen LogP contribution is 2.43. The third-order valence-corrected chi connectivity index (χ3v) is 8.05. The fourth-order valence-electron chi connectivity index (χ4n) is 2.06. The lowest BCUT2D eigenvalue weighted by Gasteiger charge is -2.14. The molecule has 2 aromatic rings. The molecule has 0 saturated carbocycles. The third kappa shape index (κ3) is 4.35. The second kappa shape index (κ2) is 8.32. The van der Waals surface area contributed by atoms with E-state index in [9.17, 15) is 8.42 Å². The van der Waals surface area contributed by atoms with Crippen molar-refractivity contribution in [1.82, 2.24) is 4.72 Å². The Balaban J connectivity index is 2.32. The molecule has 0 aliphatic carbocycles. The number of hydrogen-bond acceptors (Lipinski definition) is 6. The molecule has 1 aromatic carbocycles. The van der Waals surface area contributed by atoms with E-state index in [0.717, 1.165) is 11.3 Å². The van der Waals surface area contributed by atoms with Gasteiger partial charge in [-0.15, -0.1) is 11.3 Å². The highest BCUT2D eigenvalue weighted by Gasteiger charge is 2.26. The molecular weight excluding hydrogens is 477 g/mol. The number of sulfonamides is 1. The number of hydrogen-bond donors (Lipinski definition) is 1. The van der Waals surface area contributed by atoms with Crippen molar-refractivity contribution in [2.24, 2.45) is 0 Å². The molecule has 11 heteroatoms. The maximum atomic E-state index is 12.5. The van der Waals surface area contributed by atoms with Crippen LogP contribution >= 0.6 is 50.5 Å². The zero-order valence-corrected chi connectivity index (χ0v) is 18.1. The molecule has 138 valence electrons. The Labute approximate surface area is 168 Å². The summed E-state index contributed by atoms with van der Waals surface area (Å²) in [7, 11) is 0.582. The standard InChI is InChI=1S/C14H14BrCl2NO5S2/c1-21-8-4-7(5-9(22-2)11(8)23-3)6-18-25(19,20)12-10(15)13(16)24-14(12)17/h4-5,18H,6H2,1-3H3. The van der Waals surface area contributed by atoms with Crippen LogP contribution in [0.4, 0.5) is 0 Å². The number of nitrogens with one attached hydrogen (secondary N) is 1. The number of rotatable bonds is 7. The first kappa shape index (κ1) is 20.6. The fraction of sp³-hybridized carbons (Fsp3) is 0.286. The van der Waals surface area contributed by atoms with Crippen LogP contribution in [-0.2, 0) is 16.6 Å². The molecule has 0 radical (unpaired) electrons. The molecule has 1 aromatic heterocycles. The van der Waals surface area contributed by atoms with E-state index in [1.165, 1.54) is 21.3 Å². The lowest BCUT2D eigenvalue weighted by atomic mass is 10.2. The molecule has 1 N–H and O–H groups in total. The van der Waals surface area contributed by atoms with Crippen molar-refractivity contribution in [3.8, 4) is 17.2 Å². The van der Waals surface area contributed by atoms with Crippen molar-refractivity contribution in [1.29, 1.82) is 0 Å². The van der Waals surface area contributed by atoms with Gasteiger partial charge >= 0.3 is 0 Å². The van der Waals surface area contributed by atoms with Crippen LogP contribution in [0.25, 0.3) is 0 Å². The van der Waals surface area contributed by atoms with Gasteiger partial charge in [0.25, 0.3) is 0 Å². The highest BCUT2D eigenvalue weighted by atomic mass is 79.9. The van der Waals surface area contributed by atoms with E-state index in [1.54, 1.807) is 12.1 Å². The predicted molar refractivity (Wildman–Crippen MR) is 102 cm³/mol. The van der Waals surface area contributed by atoms with Crippen LogP contribution in [0.3, 0.4) is 0 Å². The zero-order valence-electron chi connectivity index (χ0n) is 13.4. The second-order valence-electron chi connectivity index (χ2n) is 4.65. The summed E-state index contributed by atoms with van der Waals surface area (Å²) >= 11 is 16.0. The zero-order chi connectivity index (χ0) is 18.8. The minimum atomic E-state index is -3.87. The summed E-state index contributed by atoms with van der Waals surface area (Å²) in [5.74, 6) is 1.27. The molecule has 0 fully saturated rings. The first-order valence-electron chi connectivity index (χ1n) is 6.67. The van der Waals surface area contributed by atoms with Crippen LogP contribution < -0.4 is 18.9 Å². The van der Waals surface area contributed by atoms with Gasteiger partial charge in [-0.2, -0.15) is 0 Å². The molecular formula is C14H14BrCl2NO5S2. The van der Waals surface area contributed by atoms with E-state index in [1.807, 2.05) is 0 Å². The van der Waals surface area contributed by atoms with Crippen molar-refractivity contribution >= 4 is 60.5 Å². The van der Waals surface area contributed by atoms with Gasteiger partial charge in [0.1, 0.15) is 13.6 Å². The van der Waals surface area contributed by atoms with Gasteiger partial charge in [-0.1, -0.05) is 23.2 Å². The molecule has 0 aliphatic heterocycles. The molecule has 0 bridgehead atoms. The fourth-order valence-corrected chi connectivity index (χ4v) is 6.63. The first-order valence-corrected chi connectivity index (χ1v) is 10.5. The molecule has 0 unspecified atom stereocenters. The van der Waals surface area contributed by atoms with Crippen molar-refractivity contribution in [2.45, 2.75) is 11.4 Å².